The molecule has 0 spiro atoms. The normalized spacial score (nSPS) is 21.9. The van der Waals surface area contributed by atoms with Gasteiger partial charge in [0.25, 0.3) is 0 Å². The molecule has 0 saturated carbocycles. The van der Waals surface area contributed by atoms with Gasteiger partial charge in [-0.25, -0.2) is 9.97 Å². The van der Waals surface area contributed by atoms with Crippen molar-refractivity contribution in [1.29, 1.82) is 0 Å². The summed E-state index contributed by atoms with van der Waals surface area (Å²) in [5.74, 6) is 1.51. The zero-order valence-corrected chi connectivity index (χ0v) is 16.2. The highest BCUT2D eigenvalue weighted by Crippen LogP contribution is 2.30. The third-order valence-electron chi connectivity index (χ3n) is 5.73. The Balaban J connectivity index is 1.38. The number of piperidine rings is 2. The fourth-order valence-electron chi connectivity index (χ4n) is 4.14. The van der Waals surface area contributed by atoms with Crippen LogP contribution in [0.4, 0.5) is 0 Å². The van der Waals surface area contributed by atoms with Crippen molar-refractivity contribution in [2.24, 2.45) is 0 Å². The molecule has 0 aromatic carbocycles. The van der Waals surface area contributed by atoms with Crippen LogP contribution in [0.5, 0.6) is 0 Å². The molecule has 5 heteroatoms. The zero-order valence-electron chi connectivity index (χ0n) is 16.2. The van der Waals surface area contributed by atoms with E-state index in [9.17, 15) is 0 Å². The van der Waals surface area contributed by atoms with E-state index < -0.39 is 0 Å². The lowest BCUT2D eigenvalue weighted by Gasteiger charge is -2.41. The van der Waals surface area contributed by atoms with Gasteiger partial charge < -0.3 is 14.5 Å². The molecule has 0 unspecified atom stereocenters. The standard InChI is InChI=1S/C20H34N4O/c1-16(2)25-13-12-23-8-6-20(7-9-23)24-10-4-18(5-11-24)19-14-21-17(3)22-15-19/h14-16,18,20H,4-13H2,1-3H3. The first-order chi connectivity index (χ1) is 12.1. The summed E-state index contributed by atoms with van der Waals surface area (Å²) in [4.78, 5) is 14.0. The fraction of sp³-hybridized carbons (Fsp3) is 0.800. The van der Waals surface area contributed by atoms with Gasteiger partial charge in [-0.15, -0.1) is 0 Å². The molecule has 0 amide bonds. The maximum atomic E-state index is 5.69. The van der Waals surface area contributed by atoms with Gasteiger partial charge in [-0.1, -0.05) is 0 Å². The van der Waals surface area contributed by atoms with Crippen molar-refractivity contribution >= 4 is 0 Å². The van der Waals surface area contributed by atoms with E-state index in [2.05, 4.69) is 33.6 Å². The van der Waals surface area contributed by atoms with Gasteiger partial charge in [-0.3, -0.25) is 0 Å². The Bertz CT molecular complexity index is 503. The predicted molar refractivity (Wildman–Crippen MR) is 101 cm³/mol. The Labute approximate surface area is 152 Å². The Hall–Kier alpha value is -1.04. The Morgan fingerprint density at radius 1 is 1.04 bits per heavy atom. The lowest BCUT2D eigenvalue weighted by molar-refractivity contribution is 0.0397. The average molecular weight is 347 g/mol. The van der Waals surface area contributed by atoms with Crippen LogP contribution in [0.15, 0.2) is 12.4 Å². The molecule has 1 aromatic heterocycles. The van der Waals surface area contributed by atoms with Crippen molar-refractivity contribution in [3.63, 3.8) is 0 Å². The van der Waals surface area contributed by atoms with E-state index in [0.29, 0.717) is 12.0 Å². The monoisotopic (exact) mass is 346 g/mol. The molecular formula is C20H34N4O. The van der Waals surface area contributed by atoms with E-state index in [4.69, 9.17) is 4.74 Å². The first-order valence-corrected chi connectivity index (χ1v) is 9.98. The topological polar surface area (TPSA) is 41.5 Å². The third-order valence-corrected chi connectivity index (χ3v) is 5.73. The number of ether oxygens (including phenoxy) is 1. The fourth-order valence-corrected chi connectivity index (χ4v) is 4.14. The highest BCUT2D eigenvalue weighted by atomic mass is 16.5. The molecule has 2 fully saturated rings. The second-order valence-electron chi connectivity index (χ2n) is 7.87. The maximum Gasteiger partial charge on any atom is 0.125 e. The first-order valence-electron chi connectivity index (χ1n) is 9.98. The number of aryl methyl sites for hydroxylation is 1. The third kappa shape index (κ3) is 5.47. The summed E-state index contributed by atoms with van der Waals surface area (Å²) in [6, 6.07) is 0.775. The number of aromatic nitrogens is 2. The van der Waals surface area contributed by atoms with Crippen LogP contribution in [0.1, 0.15) is 56.8 Å². The molecule has 3 rings (SSSR count). The van der Waals surface area contributed by atoms with E-state index in [-0.39, 0.29) is 0 Å². The van der Waals surface area contributed by atoms with Crippen LogP contribution >= 0.6 is 0 Å². The summed E-state index contributed by atoms with van der Waals surface area (Å²) < 4.78 is 5.69. The number of hydrogen-bond acceptors (Lipinski definition) is 5. The number of hydrogen-bond donors (Lipinski definition) is 0. The largest absolute Gasteiger partial charge is 0.377 e. The van der Waals surface area contributed by atoms with Gasteiger partial charge in [0.1, 0.15) is 5.82 Å². The molecule has 0 radical (unpaired) electrons. The minimum Gasteiger partial charge on any atom is -0.377 e. The van der Waals surface area contributed by atoms with Crippen molar-refractivity contribution in [3.05, 3.63) is 23.8 Å². The van der Waals surface area contributed by atoms with Gasteiger partial charge >= 0.3 is 0 Å². The van der Waals surface area contributed by atoms with E-state index in [1.54, 1.807) is 0 Å². The maximum absolute atomic E-state index is 5.69. The van der Waals surface area contributed by atoms with Gasteiger partial charge in [-0.2, -0.15) is 0 Å². The van der Waals surface area contributed by atoms with Crippen LogP contribution in [0.2, 0.25) is 0 Å². The van der Waals surface area contributed by atoms with Crippen LogP contribution in [0.25, 0.3) is 0 Å². The van der Waals surface area contributed by atoms with Crippen molar-refractivity contribution < 1.29 is 4.74 Å². The summed E-state index contributed by atoms with van der Waals surface area (Å²) in [5.41, 5.74) is 1.32. The van der Waals surface area contributed by atoms with Crippen LogP contribution in [-0.2, 0) is 4.74 Å². The second-order valence-corrected chi connectivity index (χ2v) is 7.87. The molecule has 5 nitrogen and oxygen atoms in total. The molecule has 25 heavy (non-hydrogen) atoms. The molecule has 0 atom stereocenters. The van der Waals surface area contributed by atoms with Crippen LogP contribution in [0.3, 0.4) is 0 Å². The lowest BCUT2D eigenvalue weighted by Crippen LogP contribution is -2.48. The molecule has 2 saturated heterocycles. The predicted octanol–water partition coefficient (Wildman–Crippen LogP) is 2.85. The summed E-state index contributed by atoms with van der Waals surface area (Å²) in [5, 5.41) is 0. The van der Waals surface area contributed by atoms with Crippen molar-refractivity contribution in [1.82, 2.24) is 19.8 Å². The molecule has 140 valence electrons. The molecule has 0 N–H and O–H groups in total. The minimum absolute atomic E-state index is 0.345. The van der Waals surface area contributed by atoms with Gasteiger partial charge in [0.05, 0.1) is 12.7 Å². The van der Waals surface area contributed by atoms with E-state index in [1.807, 2.05) is 19.3 Å². The quantitative estimate of drug-likeness (QED) is 0.792. The highest BCUT2D eigenvalue weighted by Gasteiger charge is 2.28. The van der Waals surface area contributed by atoms with E-state index in [1.165, 1.54) is 57.4 Å². The summed E-state index contributed by atoms with van der Waals surface area (Å²) in [6.45, 7) is 13.0. The van der Waals surface area contributed by atoms with Crippen LogP contribution in [-0.4, -0.2) is 71.2 Å². The second kappa shape index (κ2) is 9.06. The molecule has 0 aliphatic carbocycles. The smallest absolute Gasteiger partial charge is 0.125 e. The molecule has 2 aliphatic rings. The SMILES string of the molecule is Cc1ncc(C2CCN(C3CCN(CCOC(C)C)CC3)CC2)cn1. The Kier molecular flexibility index (Phi) is 6.79. The highest BCUT2D eigenvalue weighted by molar-refractivity contribution is 5.12. The lowest BCUT2D eigenvalue weighted by atomic mass is 9.89. The van der Waals surface area contributed by atoms with Gasteiger partial charge in [0.15, 0.2) is 0 Å². The minimum atomic E-state index is 0.345. The molecule has 0 bridgehead atoms. The molecular weight excluding hydrogens is 312 g/mol. The number of likely N-dealkylation sites (tertiary alicyclic amines) is 2. The molecule has 3 heterocycles. The number of rotatable bonds is 6. The van der Waals surface area contributed by atoms with Gasteiger partial charge in [0, 0.05) is 25.0 Å². The first kappa shape index (κ1) is 18.7. The van der Waals surface area contributed by atoms with Crippen LogP contribution < -0.4 is 0 Å². The van der Waals surface area contributed by atoms with E-state index in [0.717, 1.165) is 25.0 Å². The van der Waals surface area contributed by atoms with Crippen molar-refractivity contribution in [2.45, 2.75) is 64.5 Å². The van der Waals surface area contributed by atoms with Gasteiger partial charge in [-0.05, 0) is 84.1 Å². The van der Waals surface area contributed by atoms with E-state index >= 15 is 0 Å². The summed E-state index contributed by atoms with van der Waals surface area (Å²) in [6.07, 6.45) is 9.50. The average Bonchev–Trinajstić information content (AvgIpc) is 2.63. The Morgan fingerprint density at radius 2 is 1.68 bits per heavy atom. The summed E-state index contributed by atoms with van der Waals surface area (Å²) in [7, 11) is 0. The zero-order chi connectivity index (χ0) is 17.6. The van der Waals surface area contributed by atoms with Gasteiger partial charge in [0.2, 0.25) is 0 Å². The summed E-state index contributed by atoms with van der Waals surface area (Å²) >= 11 is 0. The van der Waals surface area contributed by atoms with Crippen molar-refractivity contribution in [2.75, 3.05) is 39.3 Å². The molecule has 1 aromatic rings. The number of nitrogens with zero attached hydrogens (tertiary/aromatic N) is 4. The Morgan fingerprint density at radius 3 is 2.28 bits per heavy atom. The van der Waals surface area contributed by atoms with Crippen LogP contribution in [0, 0.1) is 6.92 Å². The molecule has 2 aliphatic heterocycles. The van der Waals surface area contributed by atoms with Crippen molar-refractivity contribution in [3.8, 4) is 0 Å².